The molecule has 0 bridgehead atoms. The molecule has 4 nitrogen and oxygen atoms in total. The normalized spacial score (nSPS) is 22.2. The fraction of sp³-hybridized carbons (Fsp3) is 0.650. The van der Waals surface area contributed by atoms with E-state index in [1.54, 1.807) is 0 Å². The maximum Gasteiger partial charge on any atom is 0.315 e. The Morgan fingerprint density at radius 3 is 2.54 bits per heavy atom. The summed E-state index contributed by atoms with van der Waals surface area (Å²) in [5, 5.41) is 6.09. The quantitative estimate of drug-likeness (QED) is 0.875. The van der Waals surface area contributed by atoms with Crippen molar-refractivity contribution in [1.29, 1.82) is 0 Å². The van der Waals surface area contributed by atoms with Crippen LogP contribution in [0.1, 0.15) is 57.4 Å². The first kappa shape index (κ1) is 17.1. The van der Waals surface area contributed by atoms with Gasteiger partial charge in [-0.15, -0.1) is 0 Å². The number of nitrogens with one attached hydrogen (secondary N) is 2. The summed E-state index contributed by atoms with van der Waals surface area (Å²) >= 11 is 0. The van der Waals surface area contributed by atoms with E-state index in [0.717, 1.165) is 37.4 Å². The Labute approximate surface area is 146 Å². The van der Waals surface area contributed by atoms with Gasteiger partial charge >= 0.3 is 6.03 Å². The number of hydrogen-bond donors (Lipinski definition) is 2. The van der Waals surface area contributed by atoms with Gasteiger partial charge in [0.25, 0.3) is 0 Å². The van der Waals surface area contributed by atoms with Gasteiger partial charge in [-0.2, -0.15) is 0 Å². The van der Waals surface area contributed by atoms with E-state index in [0.29, 0.717) is 12.6 Å². The van der Waals surface area contributed by atoms with Gasteiger partial charge in [-0.25, -0.2) is 4.79 Å². The third kappa shape index (κ3) is 4.89. The average molecular weight is 329 g/mol. The number of carbonyl (C=O) groups excluding carboxylic acids is 1. The van der Waals surface area contributed by atoms with Crippen LogP contribution in [0.3, 0.4) is 0 Å². The van der Waals surface area contributed by atoms with Crippen molar-refractivity contribution < 1.29 is 4.79 Å². The van der Waals surface area contributed by atoms with E-state index in [-0.39, 0.29) is 6.03 Å². The van der Waals surface area contributed by atoms with Crippen LogP contribution in [-0.2, 0) is 6.54 Å². The van der Waals surface area contributed by atoms with Gasteiger partial charge in [0.15, 0.2) is 0 Å². The molecule has 2 amide bonds. The van der Waals surface area contributed by atoms with Gasteiger partial charge < -0.3 is 15.5 Å². The molecule has 1 aromatic carbocycles. The number of anilines is 1. The number of benzene rings is 1. The zero-order valence-electron chi connectivity index (χ0n) is 14.9. The molecule has 1 atom stereocenters. The van der Waals surface area contributed by atoms with Gasteiger partial charge in [0.2, 0.25) is 0 Å². The number of urea groups is 1. The SMILES string of the molecule is C[C@H]1CCCN(c2ccc(CNC(=O)NC3CCCCC3)cc2)C1. The van der Waals surface area contributed by atoms with Crippen molar-refractivity contribution in [1.82, 2.24) is 10.6 Å². The highest BCUT2D eigenvalue weighted by atomic mass is 16.2. The van der Waals surface area contributed by atoms with Crippen LogP contribution >= 0.6 is 0 Å². The Kier molecular flexibility index (Phi) is 6.00. The number of rotatable bonds is 4. The molecule has 0 aromatic heterocycles. The zero-order valence-corrected chi connectivity index (χ0v) is 14.9. The number of amides is 2. The maximum atomic E-state index is 12.0. The van der Waals surface area contributed by atoms with Gasteiger partial charge in [-0.1, -0.05) is 38.3 Å². The van der Waals surface area contributed by atoms with Crippen LogP contribution < -0.4 is 15.5 Å². The van der Waals surface area contributed by atoms with Gasteiger partial charge in [-0.05, 0) is 49.3 Å². The summed E-state index contributed by atoms with van der Waals surface area (Å²) in [6.07, 6.45) is 8.65. The summed E-state index contributed by atoms with van der Waals surface area (Å²) in [5.74, 6) is 0.781. The second-order valence-electron chi connectivity index (χ2n) is 7.52. The Bertz CT molecular complexity index is 522. The van der Waals surface area contributed by atoms with Crippen LogP contribution in [0.2, 0.25) is 0 Å². The number of nitrogens with zero attached hydrogens (tertiary/aromatic N) is 1. The molecule has 1 saturated carbocycles. The summed E-state index contributed by atoms with van der Waals surface area (Å²) in [7, 11) is 0. The molecule has 4 heteroatoms. The second kappa shape index (κ2) is 8.41. The lowest BCUT2D eigenvalue weighted by atomic mass is 9.96. The van der Waals surface area contributed by atoms with E-state index >= 15 is 0 Å². The molecule has 24 heavy (non-hydrogen) atoms. The molecule has 2 N–H and O–H groups in total. The molecule has 1 saturated heterocycles. The van der Waals surface area contributed by atoms with E-state index in [1.165, 1.54) is 37.8 Å². The van der Waals surface area contributed by atoms with Crippen LogP contribution in [-0.4, -0.2) is 25.2 Å². The molecule has 2 aliphatic rings. The molecular formula is C20H31N3O. The Morgan fingerprint density at radius 2 is 1.83 bits per heavy atom. The van der Waals surface area contributed by atoms with Crippen molar-refractivity contribution in [3.8, 4) is 0 Å². The van der Waals surface area contributed by atoms with Crippen molar-refractivity contribution in [3.05, 3.63) is 29.8 Å². The fourth-order valence-electron chi connectivity index (χ4n) is 3.91. The molecule has 0 unspecified atom stereocenters. The Hall–Kier alpha value is -1.71. The van der Waals surface area contributed by atoms with Crippen LogP contribution in [0.4, 0.5) is 10.5 Å². The average Bonchev–Trinajstić information content (AvgIpc) is 2.61. The highest BCUT2D eigenvalue weighted by molar-refractivity contribution is 5.74. The van der Waals surface area contributed by atoms with Gasteiger partial charge in [0.05, 0.1) is 0 Å². The molecule has 0 radical (unpaired) electrons. The summed E-state index contributed by atoms with van der Waals surface area (Å²) in [6.45, 7) is 5.23. The van der Waals surface area contributed by atoms with Crippen LogP contribution in [0, 0.1) is 5.92 Å². The Morgan fingerprint density at radius 1 is 1.08 bits per heavy atom. The first-order valence-corrected chi connectivity index (χ1v) is 9.59. The molecule has 1 aromatic rings. The first-order valence-electron chi connectivity index (χ1n) is 9.59. The van der Waals surface area contributed by atoms with Gasteiger partial charge in [-0.3, -0.25) is 0 Å². The largest absolute Gasteiger partial charge is 0.371 e. The van der Waals surface area contributed by atoms with Gasteiger partial charge in [0.1, 0.15) is 0 Å². The topological polar surface area (TPSA) is 44.4 Å². The third-order valence-corrected chi connectivity index (χ3v) is 5.35. The minimum Gasteiger partial charge on any atom is -0.371 e. The first-order chi connectivity index (χ1) is 11.7. The van der Waals surface area contributed by atoms with Crippen LogP contribution in [0.5, 0.6) is 0 Å². The van der Waals surface area contributed by atoms with E-state index < -0.39 is 0 Å². The zero-order chi connectivity index (χ0) is 16.8. The molecule has 2 fully saturated rings. The van der Waals surface area contributed by atoms with Gasteiger partial charge in [0, 0.05) is 31.4 Å². The third-order valence-electron chi connectivity index (χ3n) is 5.35. The predicted molar refractivity (Wildman–Crippen MR) is 99.3 cm³/mol. The summed E-state index contributed by atoms with van der Waals surface area (Å²) in [6, 6.07) is 8.98. The molecule has 1 heterocycles. The summed E-state index contributed by atoms with van der Waals surface area (Å²) in [5.41, 5.74) is 2.46. The monoisotopic (exact) mass is 329 g/mol. The van der Waals surface area contributed by atoms with Crippen molar-refractivity contribution in [2.75, 3.05) is 18.0 Å². The highest BCUT2D eigenvalue weighted by Gasteiger charge is 2.17. The molecule has 1 aliphatic carbocycles. The molecule has 3 rings (SSSR count). The predicted octanol–water partition coefficient (Wildman–Crippen LogP) is 4.05. The Balaban J connectivity index is 1.44. The summed E-state index contributed by atoms with van der Waals surface area (Å²) in [4.78, 5) is 14.5. The molecule has 132 valence electrons. The standard InChI is InChI=1S/C20H31N3O/c1-16-6-5-13-23(15-16)19-11-9-17(10-12-19)14-21-20(24)22-18-7-3-2-4-8-18/h9-12,16,18H,2-8,13-15H2,1H3,(H2,21,22,24)/t16-/m0/s1. The van der Waals surface area contributed by atoms with Crippen molar-refractivity contribution in [2.24, 2.45) is 5.92 Å². The number of carbonyl (C=O) groups is 1. The van der Waals surface area contributed by atoms with E-state index in [2.05, 4.69) is 46.7 Å². The fourth-order valence-corrected chi connectivity index (χ4v) is 3.91. The highest BCUT2D eigenvalue weighted by Crippen LogP contribution is 2.23. The van der Waals surface area contributed by atoms with E-state index in [4.69, 9.17) is 0 Å². The van der Waals surface area contributed by atoms with Crippen molar-refractivity contribution in [2.45, 2.75) is 64.5 Å². The smallest absolute Gasteiger partial charge is 0.315 e. The lowest BCUT2D eigenvalue weighted by Gasteiger charge is -2.32. The number of piperidine rings is 1. The summed E-state index contributed by atoms with van der Waals surface area (Å²) < 4.78 is 0. The molecular weight excluding hydrogens is 298 g/mol. The molecule has 1 aliphatic heterocycles. The van der Waals surface area contributed by atoms with Crippen LogP contribution in [0.25, 0.3) is 0 Å². The van der Waals surface area contributed by atoms with Crippen molar-refractivity contribution >= 4 is 11.7 Å². The van der Waals surface area contributed by atoms with E-state index in [1.807, 2.05) is 0 Å². The minimum absolute atomic E-state index is 0.0316. The lowest BCUT2D eigenvalue weighted by Crippen LogP contribution is -2.42. The van der Waals surface area contributed by atoms with E-state index in [9.17, 15) is 4.79 Å². The van der Waals surface area contributed by atoms with Crippen molar-refractivity contribution in [3.63, 3.8) is 0 Å². The number of hydrogen-bond acceptors (Lipinski definition) is 2. The van der Waals surface area contributed by atoms with Crippen LogP contribution in [0.15, 0.2) is 24.3 Å². The molecule has 0 spiro atoms. The second-order valence-corrected chi connectivity index (χ2v) is 7.52. The lowest BCUT2D eigenvalue weighted by molar-refractivity contribution is 0.232. The minimum atomic E-state index is -0.0316. The maximum absolute atomic E-state index is 12.0.